The summed E-state index contributed by atoms with van der Waals surface area (Å²) in [6.07, 6.45) is 29.0. The fraction of sp³-hybridized carbons (Fsp3) is 0.619. The molecule has 0 N–H and O–H groups in total. The molecule has 0 radical (unpaired) electrons. The van der Waals surface area contributed by atoms with Crippen LogP contribution in [0.2, 0.25) is 0 Å². The Hall–Kier alpha value is -0.890. The molecule has 25 heavy (non-hydrogen) atoms. The molecule has 0 saturated carbocycles. The van der Waals surface area contributed by atoms with Crippen molar-refractivity contribution in [2.24, 2.45) is 0 Å². The average molecular weight is 368 g/mol. The molecule has 0 bridgehead atoms. The molecule has 0 rings (SSSR count). The van der Waals surface area contributed by atoms with Gasteiger partial charge in [0, 0.05) is 7.11 Å². The molecule has 0 fully saturated rings. The first-order valence-electron chi connectivity index (χ1n) is 9.62. The van der Waals surface area contributed by atoms with Gasteiger partial charge in [0.15, 0.2) is 0 Å². The summed E-state index contributed by atoms with van der Waals surface area (Å²) in [6.45, 7) is 2.75. The largest absolute Gasteiger partial charge is 0.318 e. The van der Waals surface area contributed by atoms with Crippen LogP contribution in [-0.4, -0.2) is 13.7 Å². The van der Waals surface area contributed by atoms with Gasteiger partial charge in [-0.25, -0.2) is 0 Å². The normalized spacial score (nSPS) is 13.8. The molecule has 0 aliphatic heterocycles. The highest BCUT2D eigenvalue weighted by atomic mass is 31.1. The molecule has 0 aliphatic carbocycles. The van der Waals surface area contributed by atoms with Crippen LogP contribution in [0.15, 0.2) is 48.6 Å². The summed E-state index contributed by atoms with van der Waals surface area (Å²) >= 11 is 0. The monoisotopic (exact) mass is 368 g/mol. The van der Waals surface area contributed by atoms with Crippen molar-refractivity contribution in [2.75, 3.05) is 13.7 Å². The van der Waals surface area contributed by atoms with Crippen LogP contribution in [-0.2, 0) is 13.6 Å². The van der Waals surface area contributed by atoms with Crippen molar-refractivity contribution < 1.29 is 13.6 Å². The maximum atomic E-state index is 10.9. The fourth-order valence-electron chi connectivity index (χ4n) is 2.14. The Morgan fingerprint density at radius 1 is 0.720 bits per heavy atom. The van der Waals surface area contributed by atoms with Crippen LogP contribution in [0.25, 0.3) is 0 Å². The molecule has 0 amide bonds. The zero-order valence-corrected chi connectivity index (χ0v) is 17.1. The third-order valence-electron chi connectivity index (χ3n) is 3.61. The predicted octanol–water partition coefficient (Wildman–Crippen LogP) is 7.18. The maximum Gasteiger partial charge on any atom is 0.318 e. The van der Waals surface area contributed by atoms with Crippen molar-refractivity contribution in [3.8, 4) is 0 Å². The third-order valence-corrected chi connectivity index (χ3v) is 4.38. The molecule has 1 unspecified atom stereocenters. The average Bonchev–Trinajstić information content (AvgIpc) is 2.63. The maximum absolute atomic E-state index is 10.9. The minimum Gasteiger partial charge on any atom is -0.314 e. The van der Waals surface area contributed by atoms with Gasteiger partial charge in [0.2, 0.25) is 0 Å². The molecule has 1 atom stereocenters. The lowest BCUT2D eigenvalue weighted by Crippen LogP contribution is -1.86. The van der Waals surface area contributed by atoms with E-state index in [2.05, 4.69) is 60.1 Å². The molecule has 0 heterocycles. The molecule has 4 heteroatoms. The van der Waals surface area contributed by atoms with E-state index < -0.39 is 8.25 Å². The summed E-state index contributed by atoms with van der Waals surface area (Å²) in [6, 6.07) is 0. The van der Waals surface area contributed by atoms with E-state index in [9.17, 15) is 4.57 Å². The van der Waals surface area contributed by atoms with Crippen molar-refractivity contribution >= 4 is 8.25 Å². The molecular weight excluding hydrogens is 331 g/mol. The third kappa shape index (κ3) is 21.1. The zero-order valence-electron chi connectivity index (χ0n) is 16.1. The SMILES string of the molecule is CCCCC/C=C\C/C=C\C/C=C\C/C=C\CCCCO[PH](=O)OC. The van der Waals surface area contributed by atoms with Gasteiger partial charge in [-0.1, -0.05) is 68.4 Å². The van der Waals surface area contributed by atoms with Gasteiger partial charge in [0.05, 0.1) is 6.61 Å². The Bertz CT molecular complexity index is 411. The summed E-state index contributed by atoms with van der Waals surface area (Å²) in [5.41, 5.74) is 0. The van der Waals surface area contributed by atoms with E-state index in [4.69, 9.17) is 4.52 Å². The van der Waals surface area contributed by atoms with Crippen molar-refractivity contribution in [3.63, 3.8) is 0 Å². The molecule has 0 aromatic rings. The van der Waals surface area contributed by atoms with E-state index in [1.807, 2.05) is 0 Å². The number of hydrogen-bond donors (Lipinski definition) is 0. The lowest BCUT2D eigenvalue weighted by molar-refractivity contribution is 0.251. The van der Waals surface area contributed by atoms with Crippen LogP contribution in [0, 0.1) is 0 Å². The molecule has 0 aromatic heterocycles. The first-order chi connectivity index (χ1) is 12.3. The second-order valence-electron chi connectivity index (χ2n) is 5.89. The highest BCUT2D eigenvalue weighted by molar-refractivity contribution is 7.33. The molecule has 0 aromatic carbocycles. The summed E-state index contributed by atoms with van der Waals surface area (Å²) < 4.78 is 20.5. The van der Waals surface area contributed by atoms with Gasteiger partial charge < -0.3 is 9.05 Å². The fourth-order valence-corrected chi connectivity index (χ4v) is 2.57. The van der Waals surface area contributed by atoms with E-state index >= 15 is 0 Å². The highest BCUT2D eigenvalue weighted by Gasteiger charge is 1.94. The minimum atomic E-state index is -2.24. The topological polar surface area (TPSA) is 35.5 Å². The lowest BCUT2D eigenvalue weighted by atomic mass is 10.2. The highest BCUT2D eigenvalue weighted by Crippen LogP contribution is 2.21. The first-order valence-corrected chi connectivity index (χ1v) is 10.8. The van der Waals surface area contributed by atoms with Crippen LogP contribution in [0.4, 0.5) is 0 Å². The quantitative estimate of drug-likeness (QED) is 0.155. The van der Waals surface area contributed by atoms with E-state index in [-0.39, 0.29) is 0 Å². The van der Waals surface area contributed by atoms with Gasteiger partial charge in [0.25, 0.3) is 0 Å². The van der Waals surface area contributed by atoms with Gasteiger partial charge in [-0.15, -0.1) is 0 Å². The van der Waals surface area contributed by atoms with E-state index in [0.29, 0.717) is 6.61 Å². The molecule has 0 spiro atoms. The smallest absolute Gasteiger partial charge is 0.314 e. The summed E-state index contributed by atoms with van der Waals surface area (Å²) in [5, 5.41) is 0. The lowest BCUT2D eigenvalue weighted by Gasteiger charge is -2.00. The van der Waals surface area contributed by atoms with Crippen LogP contribution in [0.1, 0.15) is 71.1 Å². The minimum absolute atomic E-state index is 0.514. The van der Waals surface area contributed by atoms with E-state index in [1.54, 1.807) is 0 Å². The second kappa shape index (κ2) is 21.2. The predicted molar refractivity (Wildman–Crippen MR) is 110 cm³/mol. The molecule has 144 valence electrons. The first kappa shape index (κ1) is 24.1. The van der Waals surface area contributed by atoms with Crippen LogP contribution < -0.4 is 0 Å². The second-order valence-corrected chi connectivity index (χ2v) is 7.08. The molecular formula is C21H37O3P. The van der Waals surface area contributed by atoms with Crippen LogP contribution in [0.5, 0.6) is 0 Å². The number of rotatable bonds is 17. The molecule has 0 saturated heterocycles. The van der Waals surface area contributed by atoms with Gasteiger partial charge in [0.1, 0.15) is 0 Å². The zero-order chi connectivity index (χ0) is 18.4. The van der Waals surface area contributed by atoms with Crippen LogP contribution >= 0.6 is 8.25 Å². The van der Waals surface area contributed by atoms with Gasteiger partial charge in [-0.2, -0.15) is 0 Å². The van der Waals surface area contributed by atoms with Crippen molar-refractivity contribution in [2.45, 2.75) is 71.1 Å². The number of hydrogen-bond acceptors (Lipinski definition) is 3. The number of unbranched alkanes of at least 4 members (excludes halogenated alkanes) is 5. The van der Waals surface area contributed by atoms with Crippen LogP contribution in [0.3, 0.4) is 0 Å². The Labute approximate surface area is 155 Å². The van der Waals surface area contributed by atoms with Crippen molar-refractivity contribution in [1.82, 2.24) is 0 Å². The van der Waals surface area contributed by atoms with Crippen molar-refractivity contribution in [1.29, 1.82) is 0 Å². The Morgan fingerprint density at radius 2 is 1.20 bits per heavy atom. The summed E-state index contributed by atoms with van der Waals surface area (Å²) in [4.78, 5) is 0. The van der Waals surface area contributed by atoms with Crippen molar-refractivity contribution in [3.05, 3.63) is 48.6 Å². The summed E-state index contributed by atoms with van der Waals surface area (Å²) in [7, 11) is -0.835. The summed E-state index contributed by atoms with van der Waals surface area (Å²) in [5.74, 6) is 0. The van der Waals surface area contributed by atoms with Gasteiger partial charge in [-0.3, -0.25) is 4.57 Å². The number of allylic oxidation sites excluding steroid dienone is 8. The van der Waals surface area contributed by atoms with E-state index in [0.717, 1.165) is 38.5 Å². The van der Waals surface area contributed by atoms with Gasteiger partial charge >= 0.3 is 8.25 Å². The Kier molecular flexibility index (Phi) is 20.4. The standard InChI is InChI=1S/C21H37O3P/c1-3-4-5-6-7-8-9-10-11-12-13-14-15-16-17-18-19-20-21-24-25(22)23-2/h7-8,10-11,13-14,16-17,25H,3-6,9,12,15,18-21H2,1-2H3/b8-7-,11-10-,14-13-,17-16-. The Balaban J connectivity index is 3.39. The Morgan fingerprint density at radius 3 is 1.68 bits per heavy atom. The van der Waals surface area contributed by atoms with Gasteiger partial charge in [-0.05, 0) is 51.4 Å². The molecule has 0 aliphatic rings. The van der Waals surface area contributed by atoms with E-state index in [1.165, 1.54) is 32.8 Å². The molecule has 3 nitrogen and oxygen atoms in total.